The Bertz CT molecular complexity index is 401. The number of hydrogen-bond acceptors (Lipinski definition) is 3. The van der Waals surface area contributed by atoms with Crippen molar-refractivity contribution in [3.05, 3.63) is 17.0 Å². The fourth-order valence-electron chi connectivity index (χ4n) is 1.92. The van der Waals surface area contributed by atoms with Gasteiger partial charge in [0.05, 0.1) is 5.00 Å². The van der Waals surface area contributed by atoms with Crippen LogP contribution in [0.1, 0.15) is 31.2 Å². The molecule has 0 radical (unpaired) electrons. The number of carbonyl (C=O) groups excluding carboxylic acids is 2. The molecular weight excluding hydrogens is 222 g/mol. The van der Waals surface area contributed by atoms with Crippen LogP contribution in [0.4, 0.5) is 5.00 Å². The molecule has 0 bridgehead atoms. The number of aryl methyl sites for hydroxylation is 1. The Labute approximate surface area is 98.9 Å². The summed E-state index contributed by atoms with van der Waals surface area (Å²) in [6.45, 7) is 1.98. The first-order chi connectivity index (χ1) is 7.66. The van der Waals surface area contributed by atoms with Gasteiger partial charge in [-0.1, -0.05) is 0 Å². The average Bonchev–Trinajstić information content (AvgIpc) is 2.65. The number of hydrogen-bond donors (Lipinski definition) is 1. The second-order valence-electron chi connectivity index (χ2n) is 4.23. The lowest BCUT2D eigenvalue weighted by Gasteiger charge is -2.19. The zero-order valence-corrected chi connectivity index (χ0v) is 10.1. The predicted molar refractivity (Wildman–Crippen MR) is 64.7 cm³/mol. The monoisotopic (exact) mass is 237 g/mol. The van der Waals surface area contributed by atoms with Gasteiger partial charge in [-0.25, -0.2) is 0 Å². The Balaban J connectivity index is 1.93. The van der Waals surface area contributed by atoms with E-state index in [0.29, 0.717) is 25.7 Å². The van der Waals surface area contributed by atoms with Crippen molar-refractivity contribution in [2.75, 3.05) is 5.32 Å². The van der Waals surface area contributed by atoms with Gasteiger partial charge in [-0.2, -0.15) is 0 Å². The zero-order valence-electron chi connectivity index (χ0n) is 9.29. The number of thiophene rings is 1. The summed E-state index contributed by atoms with van der Waals surface area (Å²) in [5.41, 5.74) is 1.10. The maximum Gasteiger partial charge on any atom is 0.228 e. The molecule has 0 unspecified atom stereocenters. The molecule has 1 saturated carbocycles. The maximum absolute atomic E-state index is 11.9. The highest BCUT2D eigenvalue weighted by Gasteiger charge is 2.25. The highest BCUT2D eigenvalue weighted by Crippen LogP contribution is 2.26. The molecule has 1 aliphatic rings. The summed E-state index contributed by atoms with van der Waals surface area (Å²) < 4.78 is 0. The van der Waals surface area contributed by atoms with Crippen LogP contribution >= 0.6 is 11.3 Å². The van der Waals surface area contributed by atoms with Gasteiger partial charge in [-0.05, 0) is 36.8 Å². The predicted octanol–water partition coefficient (Wildman–Crippen LogP) is 2.75. The number of ketones is 1. The summed E-state index contributed by atoms with van der Waals surface area (Å²) in [6.07, 6.45) is 2.52. The van der Waals surface area contributed by atoms with E-state index >= 15 is 0 Å². The number of anilines is 1. The van der Waals surface area contributed by atoms with Crippen LogP contribution in [-0.2, 0) is 9.59 Å². The van der Waals surface area contributed by atoms with E-state index in [9.17, 15) is 9.59 Å². The molecule has 1 heterocycles. The molecule has 0 atom stereocenters. The van der Waals surface area contributed by atoms with Gasteiger partial charge in [0.25, 0.3) is 0 Å². The molecule has 16 heavy (non-hydrogen) atoms. The largest absolute Gasteiger partial charge is 0.317 e. The lowest BCUT2D eigenvalue weighted by Crippen LogP contribution is -2.27. The minimum Gasteiger partial charge on any atom is -0.317 e. The molecular formula is C12H15NO2S. The molecule has 86 valence electrons. The third kappa shape index (κ3) is 2.50. The Morgan fingerprint density at radius 3 is 2.69 bits per heavy atom. The third-order valence-electron chi connectivity index (χ3n) is 3.01. The van der Waals surface area contributed by atoms with Gasteiger partial charge in [-0.3, -0.25) is 9.59 Å². The number of Topliss-reactive ketones (excluding diaryl/α,β-unsaturated/α-hetero) is 1. The first-order valence-electron chi connectivity index (χ1n) is 5.53. The number of rotatable bonds is 2. The van der Waals surface area contributed by atoms with E-state index in [0.717, 1.165) is 10.6 Å². The molecule has 2 rings (SSSR count). The molecule has 3 nitrogen and oxygen atoms in total. The van der Waals surface area contributed by atoms with E-state index in [1.54, 1.807) is 11.3 Å². The summed E-state index contributed by atoms with van der Waals surface area (Å²) in [5.74, 6) is 0.369. The molecule has 1 fully saturated rings. The Kier molecular flexibility index (Phi) is 3.39. The lowest BCUT2D eigenvalue weighted by molar-refractivity contribution is -0.125. The van der Waals surface area contributed by atoms with Crippen molar-refractivity contribution in [3.63, 3.8) is 0 Å². The summed E-state index contributed by atoms with van der Waals surface area (Å²) >= 11 is 1.54. The van der Waals surface area contributed by atoms with Gasteiger partial charge in [-0.15, -0.1) is 11.3 Å². The maximum atomic E-state index is 11.9. The fourth-order valence-corrected chi connectivity index (χ4v) is 2.74. The van der Waals surface area contributed by atoms with Crippen LogP contribution in [0.5, 0.6) is 0 Å². The van der Waals surface area contributed by atoms with Crippen LogP contribution < -0.4 is 5.32 Å². The van der Waals surface area contributed by atoms with E-state index in [2.05, 4.69) is 5.32 Å². The van der Waals surface area contributed by atoms with Crippen molar-refractivity contribution < 1.29 is 9.59 Å². The van der Waals surface area contributed by atoms with Crippen molar-refractivity contribution in [1.82, 2.24) is 0 Å². The van der Waals surface area contributed by atoms with Crippen LogP contribution in [-0.4, -0.2) is 11.7 Å². The van der Waals surface area contributed by atoms with Crippen LogP contribution in [0.25, 0.3) is 0 Å². The summed E-state index contributed by atoms with van der Waals surface area (Å²) in [7, 11) is 0. The molecule has 0 aliphatic heterocycles. The summed E-state index contributed by atoms with van der Waals surface area (Å²) in [6, 6.07) is 1.99. The number of carbonyl (C=O) groups is 2. The molecule has 0 saturated heterocycles. The van der Waals surface area contributed by atoms with Crippen molar-refractivity contribution in [1.29, 1.82) is 0 Å². The topological polar surface area (TPSA) is 46.2 Å². The van der Waals surface area contributed by atoms with Crippen LogP contribution in [0.3, 0.4) is 0 Å². The normalized spacial score (nSPS) is 17.4. The second-order valence-corrected chi connectivity index (χ2v) is 5.15. The van der Waals surface area contributed by atoms with E-state index in [-0.39, 0.29) is 17.6 Å². The van der Waals surface area contributed by atoms with Crippen LogP contribution in [0.15, 0.2) is 11.4 Å². The molecule has 1 N–H and O–H groups in total. The van der Waals surface area contributed by atoms with E-state index in [1.165, 1.54) is 0 Å². The summed E-state index contributed by atoms with van der Waals surface area (Å²) in [5, 5.41) is 5.84. The first-order valence-corrected chi connectivity index (χ1v) is 6.41. The highest BCUT2D eigenvalue weighted by molar-refractivity contribution is 7.14. The van der Waals surface area contributed by atoms with Crippen molar-refractivity contribution in [3.8, 4) is 0 Å². The van der Waals surface area contributed by atoms with Gasteiger partial charge in [0.1, 0.15) is 5.78 Å². The van der Waals surface area contributed by atoms with Gasteiger partial charge < -0.3 is 5.32 Å². The van der Waals surface area contributed by atoms with Gasteiger partial charge in [0.15, 0.2) is 0 Å². The van der Waals surface area contributed by atoms with Crippen molar-refractivity contribution in [2.24, 2.45) is 5.92 Å². The van der Waals surface area contributed by atoms with Crippen molar-refractivity contribution >= 4 is 28.0 Å². The van der Waals surface area contributed by atoms with Crippen molar-refractivity contribution in [2.45, 2.75) is 32.6 Å². The van der Waals surface area contributed by atoms with Gasteiger partial charge in [0, 0.05) is 18.8 Å². The van der Waals surface area contributed by atoms with E-state index in [4.69, 9.17) is 0 Å². The van der Waals surface area contributed by atoms with E-state index < -0.39 is 0 Å². The molecule has 1 aliphatic carbocycles. The molecule has 1 aromatic heterocycles. The summed E-state index contributed by atoms with van der Waals surface area (Å²) in [4.78, 5) is 23.0. The molecule has 0 aromatic carbocycles. The minimum atomic E-state index is 0.0131. The highest BCUT2D eigenvalue weighted by atomic mass is 32.1. The second kappa shape index (κ2) is 4.78. The van der Waals surface area contributed by atoms with Crippen LogP contribution in [0.2, 0.25) is 0 Å². The fraction of sp³-hybridized carbons (Fsp3) is 0.500. The van der Waals surface area contributed by atoms with Gasteiger partial charge >= 0.3 is 0 Å². The first kappa shape index (κ1) is 11.3. The van der Waals surface area contributed by atoms with Crippen LogP contribution in [0, 0.1) is 12.8 Å². The molecule has 1 aromatic rings. The Morgan fingerprint density at radius 2 is 2.12 bits per heavy atom. The van der Waals surface area contributed by atoms with E-state index in [1.807, 2.05) is 18.4 Å². The molecule has 0 spiro atoms. The minimum absolute atomic E-state index is 0.0131. The number of nitrogens with one attached hydrogen (secondary N) is 1. The zero-order chi connectivity index (χ0) is 11.5. The SMILES string of the molecule is Cc1ccsc1NC(=O)C1CCC(=O)CC1. The number of amides is 1. The smallest absolute Gasteiger partial charge is 0.228 e. The quantitative estimate of drug-likeness (QED) is 0.859. The third-order valence-corrected chi connectivity index (χ3v) is 3.94. The Morgan fingerprint density at radius 1 is 1.44 bits per heavy atom. The molecule has 1 amide bonds. The Hall–Kier alpha value is -1.16. The van der Waals surface area contributed by atoms with Gasteiger partial charge in [0.2, 0.25) is 5.91 Å². The lowest BCUT2D eigenvalue weighted by atomic mass is 9.88. The average molecular weight is 237 g/mol. The molecule has 4 heteroatoms. The standard InChI is InChI=1S/C12H15NO2S/c1-8-6-7-16-12(8)13-11(15)9-2-4-10(14)5-3-9/h6-7,9H,2-5H2,1H3,(H,13,15).